The molecule has 2 N–H and O–H groups in total. The molecule has 0 aliphatic heterocycles. The molecule has 0 saturated carbocycles. The lowest BCUT2D eigenvalue weighted by Gasteiger charge is -2.14. The van der Waals surface area contributed by atoms with Crippen LogP contribution in [-0.2, 0) is 4.79 Å². The van der Waals surface area contributed by atoms with E-state index < -0.39 is 6.10 Å². The van der Waals surface area contributed by atoms with Gasteiger partial charge in [-0.05, 0) is 44.0 Å². The predicted molar refractivity (Wildman–Crippen MR) is 82.5 cm³/mol. The van der Waals surface area contributed by atoms with E-state index in [0.717, 1.165) is 17.1 Å². The number of aromatic nitrogens is 2. The molecule has 0 unspecified atom stereocenters. The number of hydrogen-bond donors (Lipinski definition) is 2. The minimum Gasteiger partial charge on any atom is -0.383 e. The maximum absolute atomic E-state index is 11.8. The summed E-state index contributed by atoms with van der Waals surface area (Å²) in [7, 11) is 0. The van der Waals surface area contributed by atoms with Gasteiger partial charge in [-0.25, -0.2) is 4.98 Å². The molecule has 0 aliphatic carbocycles. The lowest BCUT2D eigenvalue weighted by molar-refractivity contribution is -0.125. The monoisotopic (exact) mass is 287 g/mol. The number of anilines is 1. The van der Waals surface area contributed by atoms with E-state index in [-0.39, 0.29) is 11.8 Å². The van der Waals surface area contributed by atoms with E-state index in [1.807, 2.05) is 42.7 Å². The molecule has 5 nitrogen and oxygen atoms in total. The molecule has 1 aromatic carbocycles. The van der Waals surface area contributed by atoms with Crippen LogP contribution in [0.2, 0.25) is 0 Å². The molecule has 0 bridgehead atoms. The number of aliphatic hydroxyl groups excluding tert-OH is 1. The van der Waals surface area contributed by atoms with Gasteiger partial charge >= 0.3 is 0 Å². The number of hydrogen-bond acceptors (Lipinski definition) is 3. The number of aliphatic hydroxyl groups is 1. The third-order valence-electron chi connectivity index (χ3n) is 3.56. The van der Waals surface area contributed by atoms with Crippen LogP contribution in [0.15, 0.2) is 30.6 Å². The predicted octanol–water partition coefficient (Wildman–Crippen LogP) is 2.44. The van der Waals surface area contributed by atoms with Gasteiger partial charge in [-0.3, -0.25) is 4.79 Å². The van der Waals surface area contributed by atoms with Crippen molar-refractivity contribution in [3.05, 3.63) is 42.0 Å². The Morgan fingerprint density at radius 1 is 1.24 bits per heavy atom. The molecule has 0 aliphatic rings. The second-order valence-corrected chi connectivity index (χ2v) is 5.51. The van der Waals surface area contributed by atoms with Gasteiger partial charge in [0.2, 0.25) is 0 Å². The lowest BCUT2D eigenvalue weighted by atomic mass is 10.1. The molecule has 0 fully saturated rings. The summed E-state index contributed by atoms with van der Waals surface area (Å²) in [5, 5.41) is 12.4. The number of aryl methyl sites for hydroxylation is 1. The van der Waals surface area contributed by atoms with E-state index >= 15 is 0 Å². The second-order valence-electron chi connectivity index (χ2n) is 5.51. The van der Waals surface area contributed by atoms with Crippen molar-refractivity contribution in [1.29, 1.82) is 0 Å². The highest BCUT2D eigenvalue weighted by molar-refractivity contribution is 5.94. The van der Waals surface area contributed by atoms with Crippen molar-refractivity contribution in [3.63, 3.8) is 0 Å². The fourth-order valence-corrected chi connectivity index (χ4v) is 1.98. The first-order valence-electron chi connectivity index (χ1n) is 7.00. The molecule has 1 aromatic heterocycles. The maximum Gasteiger partial charge on any atom is 0.253 e. The fourth-order valence-electron chi connectivity index (χ4n) is 1.98. The molecule has 1 atom stereocenters. The zero-order valence-corrected chi connectivity index (χ0v) is 12.8. The van der Waals surface area contributed by atoms with Crippen LogP contribution in [0.1, 0.15) is 25.2 Å². The van der Waals surface area contributed by atoms with Crippen LogP contribution in [0, 0.1) is 19.8 Å². The van der Waals surface area contributed by atoms with Crippen molar-refractivity contribution in [2.75, 3.05) is 5.32 Å². The van der Waals surface area contributed by atoms with Crippen LogP contribution in [0.3, 0.4) is 0 Å². The Labute approximate surface area is 124 Å². The average Bonchev–Trinajstić information content (AvgIpc) is 2.79. The van der Waals surface area contributed by atoms with Crippen molar-refractivity contribution >= 4 is 11.6 Å². The van der Waals surface area contributed by atoms with Crippen LogP contribution < -0.4 is 5.32 Å². The van der Waals surface area contributed by atoms with Crippen molar-refractivity contribution < 1.29 is 9.90 Å². The first-order chi connectivity index (χ1) is 9.90. The Kier molecular flexibility index (Phi) is 4.43. The highest BCUT2D eigenvalue weighted by Gasteiger charge is 2.18. The minimum atomic E-state index is -0.997. The SMILES string of the molecule is Cc1ncn(-c2ccc(NC(=O)[C@H](O)C(C)C)cc2)c1C. The fraction of sp³-hybridized carbons (Fsp3) is 0.375. The van der Waals surface area contributed by atoms with Gasteiger partial charge < -0.3 is 15.0 Å². The van der Waals surface area contributed by atoms with Gasteiger partial charge in [0.15, 0.2) is 0 Å². The van der Waals surface area contributed by atoms with Crippen LogP contribution in [-0.4, -0.2) is 26.7 Å². The Morgan fingerprint density at radius 3 is 2.33 bits per heavy atom. The van der Waals surface area contributed by atoms with E-state index in [1.165, 1.54) is 0 Å². The normalized spacial score (nSPS) is 12.5. The summed E-state index contributed by atoms with van der Waals surface area (Å²) < 4.78 is 1.99. The van der Waals surface area contributed by atoms with E-state index in [4.69, 9.17) is 0 Å². The third-order valence-corrected chi connectivity index (χ3v) is 3.56. The zero-order chi connectivity index (χ0) is 15.6. The highest BCUT2D eigenvalue weighted by atomic mass is 16.3. The smallest absolute Gasteiger partial charge is 0.253 e. The van der Waals surface area contributed by atoms with Crippen molar-refractivity contribution in [2.45, 2.75) is 33.8 Å². The minimum absolute atomic E-state index is 0.110. The summed E-state index contributed by atoms with van der Waals surface area (Å²) >= 11 is 0. The topological polar surface area (TPSA) is 67.2 Å². The van der Waals surface area contributed by atoms with Gasteiger partial charge in [0.25, 0.3) is 5.91 Å². The van der Waals surface area contributed by atoms with Crippen molar-refractivity contribution in [2.24, 2.45) is 5.92 Å². The quantitative estimate of drug-likeness (QED) is 0.907. The Bertz CT molecular complexity index is 629. The van der Waals surface area contributed by atoms with Gasteiger partial charge in [-0.1, -0.05) is 13.8 Å². The molecule has 21 heavy (non-hydrogen) atoms. The van der Waals surface area contributed by atoms with Crippen LogP contribution in [0.5, 0.6) is 0 Å². The molecule has 1 amide bonds. The molecule has 2 aromatic rings. The first kappa shape index (κ1) is 15.3. The van der Waals surface area contributed by atoms with E-state index in [1.54, 1.807) is 20.2 Å². The molecule has 2 rings (SSSR count). The standard InChI is InChI=1S/C16H21N3O2/c1-10(2)15(20)16(21)18-13-5-7-14(8-6-13)19-9-17-11(3)12(19)4/h5-10,15,20H,1-4H3,(H,18,21)/t15-/m1/s1. The summed E-state index contributed by atoms with van der Waals surface area (Å²) in [6.45, 7) is 7.58. The third kappa shape index (κ3) is 3.31. The highest BCUT2D eigenvalue weighted by Crippen LogP contribution is 2.17. The Balaban J connectivity index is 2.13. The van der Waals surface area contributed by atoms with Gasteiger partial charge in [-0.2, -0.15) is 0 Å². The summed E-state index contributed by atoms with van der Waals surface area (Å²) in [5.41, 5.74) is 3.72. The number of nitrogens with zero attached hydrogens (tertiary/aromatic N) is 2. The lowest BCUT2D eigenvalue weighted by Crippen LogP contribution is -2.31. The second kappa shape index (κ2) is 6.10. The number of benzene rings is 1. The van der Waals surface area contributed by atoms with E-state index in [0.29, 0.717) is 5.69 Å². The van der Waals surface area contributed by atoms with Crippen LogP contribution in [0.25, 0.3) is 5.69 Å². The number of rotatable bonds is 4. The van der Waals surface area contributed by atoms with Crippen LogP contribution in [0.4, 0.5) is 5.69 Å². The molecule has 5 heteroatoms. The summed E-state index contributed by atoms with van der Waals surface area (Å²) in [5.74, 6) is -0.492. The maximum atomic E-state index is 11.8. The number of nitrogens with one attached hydrogen (secondary N) is 1. The molecule has 0 radical (unpaired) electrons. The first-order valence-corrected chi connectivity index (χ1v) is 7.00. The number of imidazole rings is 1. The van der Waals surface area contributed by atoms with Gasteiger partial charge in [-0.15, -0.1) is 0 Å². The molecular formula is C16H21N3O2. The zero-order valence-electron chi connectivity index (χ0n) is 12.8. The molecule has 112 valence electrons. The molecule has 1 heterocycles. The molecule has 0 spiro atoms. The van der Waals surface area contributed by atoms with E-state index in [2.05, 4.69) is 10.3 Å². The van der Waals surface area contributed by atoms with Crippen molar-refractivity contribution in [3.8, 4) is 5.69 Å². The summed E-state index contributed by atoms with van der Waals surface area (Å²) in [6.07, 6.45) is 0.782. The number of carbonyl (C=O) groups excluding carboxylic acids is 1. The molecule has 0 saturated heterocycles. The summed E-state index contributed by atoms with van der Waals surface area (Å²) in [6, 6.07) is 7.45. The van der Waals surface area contributed by atoms with Gasteiger partial charge in [0.1, 0.15) is 6.10 Å². The number of amides is 1. The van der Waals surface area contributed by atoms with E-state index in [9.17, 15) is 9.90 Å². The van der Waals surface area contributed by atoms with Gasteiger partial charge in [0, 0.05) is 17.1 Å². The molecular weight excluding hydrogens is 266 g/mol. The average molecular weight is 287 g/mol. The Morgan fingerprint density at radius 2 is 1.86 bits per heavy atom. The van der Waals surface area contributed by atoms with Crippen molar-refractivity contribution in [1.82, 2.24) is 9.55 Å². The van der Waals surface area contributed by atoms with Gasteiger partial charge in [0.05, 0.1) is 12.0 Å². The number of carbonyl (C=O) groups is 1. The Hall–Kier alpha value is -2.14. The summed E-state index contributed by atoms with van der Waals surface area (Å²) in [4.78, 5) is 16.1. The largest absolute Gasteiger partial charge is 0.383 e. The van der Waals surface area contributed by atoms with Crippen LogP contribution >= 0.6 is 0 Å².